The maximum atomic E-state index is 11.5. The Kier molecular flexibility index (Phi) is 3.82. The number of ether oxygens (including phenoxy) is 1. The van der Waals surface area contributed by atoms with Gasteiger partial charge in [-0.05, 0) is 25.5 Å². The van der Waals surface area contributed by atoms with E-state index in [9.17, 15) is 4.79 Å². The van der Waals surface area contributed by atoms with Gasteiger partial charge in [-0.2, -0.15) is 0 Å². The Bertz CT molecular complexity index is 607. The first kappa shape index (κ1) is 13.2. The van der Waals surface area contributed by atoms with Crippen LogP contribution >= 0.6 is 27.3 Å². The van der Waals surface area contributed by atoms with E-state index >= 15 is 0 Å². The molecule has 0 aliphatic rings. The summed E-state index contributed by atoms with van der Waals surface area (Å²) in [6.07, 6.45) is 0. The minimum Gasteiger partial charge on any atom is -0.464 e. The van der Waals surface area contributed by atoms with Crippen LogP contribution in [0.2, 0.25) is 0 Å². The average molecular weight is 326 g/mol. The Labute approximate surface area is 118 Å². The summed E-state index contributed by atoms with van der Waals surface area (Å²) in [5.74, 6) is -0.391. The molecule has 0 saturated carbocycles. The lowest BCUT2D eigenvalue weighted by molar-refractivity contribution is 0.0594. The number of thiazole rings is 1. The fourth-order valence-electron chi connectivity index (χ4n) is 1.59. The van der Waals surface area contributed by atoms with Crippen LogP contribution in [0.5, 0.6) is 0 Å². The normalized spacial score (nSPS) is 10.4. The number of benzene rings is 1. The summed E-state index contributed by atoms with van der Waals surface area (Å²) >= 11 is 5.01. The highest BCUT2D eigenvalue weighted by Gasteiger charge is 2.17. The van der Waals surface area contributed by atoms with Crippen molar-refractivity contribution in [2.75, 3.05) is 7.11 Å². The fourth-order valence-corrected chi connectivity index (χ4v) is 3.34. The van der Waals surface area contributed by atoms with Crippen molar-refractivity contribution in [1.29, 1.82) is 0 Å². The van der Waals surface area contributed by atoms with Gasteiger partial charge in [0.15, 0.2) is 5.69 Å². The number of carbonyl (C=O) groups excluding carboxylic acids is 1. The van der Waals surface area contributed by atoms with E-state index in [1.165, 1.54) is 24.0 Å². The molecule has 18 heavy (non-hydrogen) atoms. The molecular weight excluding hydrogens is 314 g/mol. The highest BCUT2D eigenvalue weighted by atomic mass is 79.9. The number of hydrogen-bond donors (Lipinski definition) is 0. The predicted molar refractivity (Wildman–Crippen MR) is 76.1 cm³/mol. The molecule has 0 radical (unpaired) electrons. The highest BCUT2D eigenvalue weighted by Crippen LogP contribution is 2.33. The van der Waals surface area contributed by atoms with Gasteiger partial charge in [0.25, 0.3) is 0 Å². The molecule has 0 bridgehead atoms. The fraction of sp³-hybridized carbons (Fsp3) is 0.231. The molecule has 1 aromatic carbocycles. The first-order valence-electron chi connectivity index (χ1n) is 5.35. The molecule has 0 spiro atoms. The van der Waals surface area contributed by atoms with Gasteiger partial charge >= 0.3 is 5.97 Å². The molecule has 94 valence electrons. The number of esters is 1. The zero-order valence-corrected chi connectivity index (χ0v) is 12.7. The molecule has 2 rings (SSSR count). The van der Waals surface area contributed by atoms with Gasteiger partial charge in [0.2, 0.25) is 0 Å². The van der Waals surface area contributed by atoms with Crippen LogP contribution in [0.15, 0.2) is 22.7 Å². The molecule has 0 fully saturated rings. The monoisotopic (exact) mass is 325 g/mol. The Morgan fingerprint density at radius 1 is 1.39 bits per heavy atom. The minimum absolute atomic E-state index is 0.391. The van der Waals surface area contributed by atoms with Crippen LogP contribution in [0.25, 0.3) is 10.6 Å². The molecule has 2 aromatic rings. The Balaban J connectivity index is 2.49. The van der Waals surface area contributed by atoms with Crippen LogP contribution in [-0.2, 0) is 4.74 Å². The van der Waals surface area contributed by atoms with Gasteiger partial charge in [0, 0.05) is 14.9 Å². The van der Waals surface area contributed by atoms with Gasteiger partial charge in [0.1, 0.15) is 5.01 Å². The number of nitrogens with zero attached hydrogens (tertiary/aromatic N) is 1. The van der Waals surface area contributed by atoms with Crippen molar-refractivity contribution in [1.82, 2.24) is 4.98 Å². The lowest BCUT2D eigenvalue weighted by Gasteiger charge is -2.01. The summed E-state index contributed by atoms with van der Waals surface area (Å²) < 4.78 is 5.69. The van der Waals surface area contributed by atoms with Crippen molar-refractivity contribution >= 4 is 33.2 Å². The molecule has 0 aliphatic heterocycles. The van der Waals surface area contributed by atoms with Crippen molar-refractivity contribution in [3.63, 3.8) is 0 Å². The molecule has 1 heterocycles. The molecule has 0 saturated heterocycles. The van der Waals surface area contributed by atoms with Crippen molar-refractivity contribution in [2.24, 2.45) is 0 Å². The SMILES string of the molecule is COC(=O)c1nc(-c2ccc(C)cc2Br)sc1C. The molecule has 5 heteroatoms. The maximum absolute atomic E-state index is 11.5. The van der Waals surface area contributed by atoms with Crippen LogP contribution < -0.4 is 0 Å². The molecule has 0 amide bonds. The molecule has 0 unspecified atom stereocenters. The summed E-state index contributed by atoms with van der Waals surface area (Å²) in [7, 11) is 1.36. The summed E-state index contributed by atoms with van der Waals surface area (Å²) in [5, 5.41) is 0.819. The van der Waals surface area contributed by atoms with Crippen LogP contribution in [0.4, 0.5) is 0 Å². The van der Waals surface area contributed by atoms with Crippen LogP contribution in [-0.4, -0.2) is 18.1 Å². The lowest BCUT2D eigenvalue weighted by atomic mass is 10.2. The topological polar surface area (TPSA) is 39.2 Å². The van der Waals surface area contributed by atoms with Gasteiger partial charge in [0.05, 0.1) is 7.11 Å². The summed E-state index contributed by atoms with van der Waals surface area (Å²) in [4.78, 5) is 16.7. The van der Waals surface area contributed by atoms with Crippen molar-refractivity contribution < 1.29 is 9.53 Å². The van der Waals surface area contributed by atoms with Crippen molar-refractivity contribution in [3.8, 4) is 10.6 Å². The number of methoxy groups -OCH3 is 1. The van der Waals surface area contributed by atoms with Gasteiger partial charge in [-0.1, -0.05) is 28.1 Å². The van der Waals surface area contributed by atoms with Crippen molar-refractivity contribution in [2.45, 2.75) is 13.8 Å². The van der Waals surface area contributed by atoms with E-state index in [-0.39, 0.29) is 0 Å². The van der Waals surface area contributed by atoms with Crippen molar-refractivity contribution in [3.05, 3.63) is 38.8 Å². The Morgan fingerprint density at radius 2 is 2.11 bits per heavy atom. The van der Waals surface area contributed by atoms with Gasteiger partial charge < -0.3 is 4.74 Å². The lowest BCUT2D eigenvalue weighted by Crippen LogP contribution is -2.03. The van der Waals surface area contributed by atoms with Gasteiger partial charge in [-0.3, -0.25) is 0 Å². The number of rotatable bonds is 2. The number of hydrogen-bond acceptors (Lipinski definition) is 4. The second kappa shape index (κ2) is 5.20. The van der Waals surface area contributed by atoms with E-state index in [4.69, 9.17) is 4.74 Å². The predicted octanol–water partition coefficient (Wildman–Crippen LogP) is 3.98. The molecule has 0 aliphatic carbocycles. The number of aromatic nitrogens is 1. The molecule has 0 N–H and O–H groups in total. The third-order valence-corrected chi connectivity index (χ3v) is 4.19. The van der Waals surface area contributed by atoms with Crippen LogP contribution in [0, 0.1) is 13.8 Å². The summed E-state index contributed by atoms with van der Waals surface area (Å²) in [6, 6.07) is 6.05. The number of halogens is 1. The molecular formula is C13H12BrNO2S. The molecule has 1 aromatic heterocycles. The minimum atomic E-state index is -0.391. The molecule has 3 nitrogen and oxygen atoms in total. The smallest absolute Gasteiger partial charge is 0.357 e. The largest absolute Gasteiger partial charge is 0.464 e. The summed E-state index contributed by atoms with van der Waals surface area (Å²) in [6.45, 7) is 3.90. The summed E-state index contributed by atoms with van der Waals surface area (Å²) in [5.41, 5.74) is 2.56. The molecule has 0 atom stereocenters. The van der Waals surface area contributed by atoms with E-state index in [1.807, 2.05) is 32.0 Å². The Morgan fingerprint density at radius 3 is 2.72 bits per heavy atom. The van der Waals surface area contributed by atoms with Gasteiger partial charge in [-0.25, -0.2) is 9.78 Å². The third-order valence-electron chi connectivity index (χ3n) is 2.53. The Hall–Kier alpha value is -1.20. The van der Waals surface area contributed by atoms with Crippen LogP contribution in [0.1, 0.15) is 20.9 Å². The second-order valence-corrected chi connectivity index (χ2v) is 5.96. The highest BCUT2D eigenvalue weighted by molar-refractivity contribution is 9.10. The van der Waals surface area contributed by atoms with E-state index < -0.39 is 5.97 Å². The average Bonchev–Trinajstić information content (AvgIpc) is 2.70. The quantitative estimate of drug-likeness (QED) is 0.784. The first-order chi connectivity index (χ1) is 8.52. The third kappa shape index (κ3) is 2.47. The second-order valence-electron chi connectivity index (χ2n) is 3.90. The maximum Gasteiger partial charge on any atom is 0.357 e. The van der Waals surface area contributed by atoms with Crippen LogP contribution in [0.3, 0.4) is 0 Å². The van der Waals surface area contributed by atoms with E-state index in [2.05, 4.69) is 20.9 Å². The standard InChI is InChI=1S/C13H12BrNO2S/c1-7-4-5-9(10(14)6-7)12-15-11(8(2)18-12)13(16)17-3/h4-6H,1-3H3. The number of carbonyl (C=O) groups is 1. The van der Waals surface area contributed by atoms with E-state index in [0.29, 0.717) is 5.69 Å². The van der Waals surface area contributed by atoms with E-state index in [0.717, 1.165) is 19.9 Å². The van der Waals surface area contributed by atoms with Gasteiger partial charge in [-0.15, -0.1) is 11.3 Å². The van der Waals surface area contributed by atoms with E-state index in [1.54, 1.807) is 0 Å². The number of aryl methyl sites for hydroxylation is 2. The zero-order valence-electron chi connectivity index (χ0n) is 10.3. The zero-order chi connectivity index (χ0) is 13.3. The first-order valence-corrected chi connectivity index (χ1v) is 6.96.